The maximum absolute atomic E-state index is 12.3. The van der Waals surface area contributed by atoms with Gasteiger partial charge in [-0.05, 0) is 37.8 Å². The van der Waals surface area contributed by atoms with Crippen molar-refractivity contribution in [3.63, 3.8) is 0 Å². The number of rotatable bonds is 2. The largest absolute Gasteiger partial charge is 0.333 e. The number of hydrogen-bond acceptors (Lipinski definition) is 2. The Morgan fingerprint density at radius 1 is 1.17 bits per heavy atom. The van der Waals surface area contributed by atoms with E-state index in [4.69, 9.17) is 0 Å². The lowest BCUT2D eigenvalue weighted by Crippen LogP contribution is -2.48. The van der Waals surface area contributed by atoms with Gasteiger partial charge in [0.05, 0.1) is 6.04 Å². The molecule has 0 spiro atoms. The Morgan fingerprint density at radius 2 is 1.83 bits per heavy atom. The van der Waals surface area contributed by atoms with E-state index in [0.717, 1.165) is 31.6 Å². The fraction of sp³-hybridized carbons (Fsp3) is 0.556. The Kier molecular flexibility index (Phi) is 4.55. The van der Waals surface area contributed by atoms with E-state index in [0.29, 0.717) is 18.9 Å². The van der Waals surface area contributed by atoms with Crippen LogP contribution in [-0.4, -0.2) is 42.5 Å². The van der Waals surface area contributed by atoms with E-state index in [9.17, 15) is 9.59 Å². The molecule has 0 bridgehead atoms. The number of aryl methyl sites for hydroxylation is 1. The fourth-order valence-corrected chi connectivity index (χ4v) is 3.26. The molecular weight excluding hydrogens is 290 g/mol. The summed E-state index contributed by atoms with van der Waals surface area (Å²) in [6.45, 7) is 6.44. The van der Waals surface area contributed by atoms with Gasteiger partial charge >= 0.3 is 6.03 Å². The monoisotopic (exact) mass is 315 g/mol. The predicted molar refractivity (Wildman–Crippen MR) is 90.4 cm³/mol. The Hall–Kier alpha value is -2.04. The molecule has 0 radical (unpaired) electrons. The molecule has 5 heteroatoms. The van der Waals surface area contributed by atoms with Crippen molar-refractivity contribution < 1.29 is 9.59 Å². The van der Waals surface area contributed by atoms with E-state index in [1.165, 1.54) is 5.56 Å². The molecule has 2 fully saturated rings. The molecule has 23 heavy (non-hydrogen) atoms. The van der Waals surface area contributed by atoms with Crippen LogP contribution < -0.4 is 10.2 Å². The van der Waals surface area contributed by atoms with Crippen LogP contribution >= 0.6 is 0 Å². The number of likely N-dealkylation sites (tertiary alicyclic amines) is 1. The van der Waals surface area contributed by atoms with E-state index in [-0.39, 0.29) is 18.0 Å². The van der Waals surface area contributed by atoms with Crippen LogP contribution in [0.2, 0.25) is 0 Å². The number of hydrogen-bond donors (Lipinski definition) is 1. The van der Waals surface area contributed by atoms with Gasteiger partial charge < -0.3 is 15.1 Å². The molecule has 1 unspecified atom stereocenters. The minimum absolute atomic E-state index is 0.0274. The molecule has 1 aromatic rings. The maximum atomic E-state index is 12.3. The standard InChI is InChI=1S/C18H25N3O2/c1-13-3-5-16(6-4-13)21-12-15(11-17(21)22)19-18(23)20-9-7-14(2)8-10-20/h3-6,14-15H,7-12H2,1-2H3,(H,19,23). The van der Waals surface area contributed by atoms with Crippen molar-refractivity contribution in [2.24, 2.45) is 5.92 Å². The quantitative estimate of drug-likeness (QED) is 0.912. The Bertz CT molecular complexity index is 576. The zero-order valence-electron chi connectivity index (χ0n) is 13.9. The molecule has 5 nitrogen and oxygen atoms in total. The van der Waals surface area contributed by atoms with Gasteiger partial charge in [0, 0.05) is 31.7 Å². The van der Waals surface area contributed by atoms with Gasteiger partial charge in [0.15, 0.2) is 0 Å². The number of anilines is 1. The number of nitrogens with one attached hydrogen (secondary N) is 1. The van der Waals surface area contributed by atoms with Gasteiger partial charge in [-0.15, -0.1) is 0 Å². The van der Waals surface area contributed by atoms with Gasteiger partial charge in [0.2, 0.25) is 5.91 Å². The van der Waals surface area contributed by atoms with E-state index in [1.54, 1.807) is 4.90 Å². The van der Waals surface area contributed by atoms with Crippen molar-refractivity contribution in [1.29, 1.82) is 0 Å². The molecule has 1 atom stereocenters. The van der Waals surface area contributed by atoms with Crippen LogP contribution in [0.25, 0.3) is 0 Å². The number of nitrogens with zero attached hydrogens (tertiary/aromatic N) is 2. The SMILES string of the molecule is Cc1ccc(N2CC(NC(=O)N3CCC(C)CC3)CC2=O)cc1. The van der Waals surface area contributed by atoms with E-state index < -0.39 is 0 Å². The van der Waals surface area contributed by atoms with Crippen molar-refractivity contribution in [2.45, 2.75) is 39.2 Å². The lowest BCUT2D eigenvalue weighted by molar-refractivity contribution is -0.117. The molecule has 0 aliphatic carbocycles. The summed E-state index contributed by atoms with van der Waals surface area (Å²) in [6.07, 6.45) is 2.50. The Labute approximate surface area is 137 Å². The van der Waals surface area contributed by atoms with Crippen molar-refractivity contribution in [2.75, 3.05) is 24.5 Å². The summed E-state index contributed by atoms with van der Waals surface area (Å²) in [5, 5.41) is 3.03. The number of benzene rings is 1. The van der Waals surface area contributed by atoms with Gasteiger partial charge in [0.1, 0.15) is 0 Å². The summed E-state index contributed by atoms with van der Waals surface area (Å²) in [7, 11) is 0. The highest BCUT2D eigenvalue weighted by Gasteiger charge is 2.32. The number of carbonyl (C=O) groups excluding carboxylic acids is 2. The first-order valence-electron chi connectivity index (χ1n) is 8.45. The molecule has 3 amide bonds. The maximum Gasteiger partial charge on any atom is 0.317 e. The summed E-state index contributed by atoms with van der Waals surface area (Å²) < 4.78 is 0. The van der Waals surface area contributed by atoms with Crippen LogP contribution in [0.5, 0.6) is 0 Å². The van der Waals surface area contributed by atoms with Crippen LogP contribution in [0.1, 0.15) is 31.7 Å². The summed E-state index contributed by atoms with van der Waals surface area (Å²) >= 11 is 0. The highest BCUT2D eigenvalue weighted by atomic mass is 16.2. The normalized spacial score (nSPS) is 22.5. The van der Waals surface area contributed by atoms with Crippen molar-refractivity contribution >= 4 is 17.6 Å². The molecule has 1 aromatic carbocycles. The Balaban J connectivity index is 1.57. The highest BCUT2D eigenvalue weighted by molar-refractivity contribution is 5.96. The Morgan fingerprint density at radius 3 is 2.48 bits per heavy atom. The molecular formula is C18H25N3O2. The predicted octanol–water partition coefficient (Wildman–Crippen LogP) is 2.54. The smallest absolute Gasteiger partial charge is 0.317 e. The lowest BCUT2D eigenvalue weighted by atomic mass is 10.00. The first-order chi connectivity index (χ1) is 11.0. The lowest BCUT2D eigenvalue weighted by Gasteiger charge is -2.31. The molecule has 3 rings (SSSR count). The van der Waals surface area contributed by atoms with E-state index >= 15 is 0 Å². The average Bonchev–Trinajstić information content (AvgIpc) is 2.89. The zero-order chi connectivity index (χ0) is 16.4. The third-order valence-corrected chi connectivity index (χ3v) is 4.87. The topological polar surface area (TPSA) is 52.7 Å². The molecule has 2 aliphatic heterocycles. The van der Waals surface area contributed by atoms with E-state index in [2.05, 4.69) is 12.2 Å². The van der Waals surface area contributed by atoms with E-state index in [1.807, 2.05) is 36.1 Å². The molecule has 1 N–H and O–H groups in total. The minimum Gasteiger partial charge on any atom is -0.333 e. The van der Waals surface area contributed by atoms with Crippen LogP contribution in [0.3, 0.4) is 0 Å². The second-order valence-electron chi connectivity index (χ2n) is 6.86. The molecule has 2 aliphatic rings. The van der Waals surface area contributed by atoms with Crippen LogP contribution in [0.4, 0.5) is 10.5 Å². The first-order valence-corrected chi connectivity index (χ1v) is 8.45. The average molecular weight is 315 g/mol. The number of urea groups is 1. The highest BCUT2D eigenvalue weighted by Crippen LogP contribution is 2.22. The second-order valence-corrected chi connectivity index (χ2v) is 6.86. The summed E-state index contributed by atoms with van der Waals surface area (Å²) in [6, 6.07) is 7.80. The van der Waals surface area contributed by atoms with Crippen molar-refractivity contribution in [1.82, 2.24) is 10.2 Å². The van der Waals surface area contributed by atoms with Crippen LogP contribution in [-0.2, 0) is 4.79 Å². The molecule has 2 saturated heterocycles. The summed E-state index contributed by atoms with van der Waals surface area (Å²) in [5.74, 6) is 0.774. The number of piperidine rings is 1. The van der Waals surface area contributed by atoms with Gasteiger partial charge in [-0.1, -0.05) is 24.6 Å². The van der Waals surface area contributed by atoms with Gasteiger partial charge in [-0.2, -0.15) is 0 Å². The fourth-order valence-electron chi connectivity index (χ4n) is 3.26. The van der Waals surface area contributed by atoms with Crippen molar-refractivity contribution in [3.8, 4) is 0 Å². The minimum atomic E-state index is -0.101. The molecule has 0 saturated carbocycles. The van der Waals surface area contributed by atoms with Gasteiger partial charge in [0.25, 0.3) is 0 Å². The van der Waals surface area contributed by atoms with Crippen molar-refractivity contribution in [3.05, 3.63) is 29.8 Å². The number of amides is 3. The molecule has 2 heterocycles. The third kappa shape index (κ3) is 3.66. The van der Waals surface area contributed by atoms with Gasteiger partial charge in [-0.3, -0.25) is 4.79 Å². The number of carbonyl (C=O) groups is 2. The summed E-state index contributed by atoms with van der Waals surface area (Å²) in [5.41, 5.74) is 2.08. The zero-order valence-corrected chi connectivity index (χ0v) is 13.9. The summed E-state index contributed by atoms with van der Waals surface area (Å²) in [4.78, 5) is 28.2. The van der Waals surface area contributed by atoms with Crippen LogP contribution in [0, 0.1) is 12.8 Å². The van der Waals surface area contributed by atoms with Crippen LogP contribution in [0.15, 0.2) is 24.3 Å². The molecule has 0 aromatic heterocycles. The van der Waals surface area contributed by atoms with Gasteiger partial charge in [-0.25, -0.2) is 4.79 Å². The second kappa shape index (κ2) is 6.60. The third-order valence-electron chi connectivity index (χ3n) is 4.87. The molecule has 124 valence electrons. The first kappa shape index (κ1) is 15.8.